The van der Waals surface area contributed by atoms with Crippen molar-refractivity contribution in [1.29, 1.82) is 0 Å². The lowest BCUT2D eigenvalue weighted by Gasteiger charge is -2.40. The second-order valence-electron chi connectivity index (χ2n) is 12.8. The highest BCUT2D eigenvalue weighted by Gasteiger charge is 2.33. The SMILES string of the molecule is CCC(=O)N1c2ccccc2[C@H](Nc2ccc(SCCNC(=O)c3ccc(C4=NCc5nnc(C)n5-c5sc(C)c(C)c54)cc3)cc2)C[C@@H]1C. The van der Waals surface area contributed by atoms with Crippen molar-refractivity contribution in [1.82, 2.24) is 20.1 Å². The summed E-state index contributed by atoms with van der Waals surface area (Å²) in [5.74, 6) is 2.51. The number of carbonyl (C=O) groups excluding carboxylic acids is 2. The summed E-state index contributed by atoms with van der Waals surface area (Å²) >= 11 is 3.45. The van der Waals surface area contributed by atoms with E-state index < -0.39 is 0 Å². The topological polar surface area (TPSA) is 105 Å². The van der Waals surface area contributed by atoms with Gasteiger partial charge >= 0.3 is 0 Å². The van der Waals surface area contributed by atoms with Crippen molar-refractivity contribution >= 4 is 52.0 Å². The predicted molar refractivity (Wildman–Crippen MR) is 203 cm³/mol. The number of nitrogens with one attached hydrogen (secondary N) is 2. The van der Waals surface area contributed by atoms with Gasteiger partial charge in [0.1, 0.15) is 17.4 Å². The molecule has 9 nitrogen and oxygen atoms in total. The number of benzene rings is 3. The fraction of sp³-hybridized carbons (Fsp3) is 0.308. The Balaban J connectivity index is 0.933. The summed E-state index contributed by atoms with van der Waals surface area (Å²) < 4.78 is 2.12. The zero-order valence-corrected chi connectivity index (χ0v) is 30.6. The molecule has 2 N–H and O–H groups in total. The number of aryl methyl sites for hydroxylation is 2. The summed E-state index contributed by atoms with van der Waals surface area (Å²) in [4.78, 5) is 35.0. The number of nitrogens with zero attached hydrogens (tertiary/aromatic N) is 5. The normalized spacial score (nSPS) is 16.5. The molecule has 0 radical (unpaired) electrons. The zero-order valence-electron chi connectivity index (χ0n) is 29.0. The molecular formula is C39H41N7O2S2. The molecule has 0 spiro atoms. The number of aliphatic imine (C=N–C) groups is 1. The summed E-state index contributed by atoms with van der Waals surface area (Å²) in [7, 11) is 0. The lowest BCUT2D eigenvalue weighted by molar-refractivity contribution is -0.118. The monoisotopic (exact) mass is 703 g/mol. The summed E-state index contributed by atoms with van der Waals surface area (Å²) in [6, 6.07) is 24.6. The van der Waals surface area contributed by atoms with Gasteiger partial charge in [0.15, 0.2) is 5.82 Å². The second-order valence-corrected chi connectivity index (χ2v) is 15.2. The van der Waals surface area contributed by atoms with Crippen molar-refractivity contribution < 1.29 is 9.59 Å². The lowest BCUT2D eigenvalue weighted by Crippen LogP contribution is -2.44. The summed E-state index contributed by atoms with van der Waals surface area (Å²) in [6.45, 7) is 11.3. The Morgan fingerprint density at radius 3 is 2.50 bits per heavy atom. The maximum atomic E-state index is 13.0. The van der Waals surface area contributed by atoms with Crippen molar-refractivity contribution in [3.8, 4) is 5.00 Å². The van der Waals surface area contributed by atoms with E-state index in [9.17, 15) is 9.59 Å². The third kappa shape index (κ3) is 6.47. The minimum absolute atomic E-state index is 0.0919. The van der Waals surface area contributed by atoms with E-state index in [1.807, 2.05) is 61.2 Å². The van der Waals surface area contributed by atoms with Crippen molar-refractivity contribution in [2.75, 3.05) is 22.5 Å². The number of hydrogen-bond acceptors (Lipinski definition) is 8. The van der Waals surface area contributed by atoms with Crippen LogP contribution in [0.2, 0.25) is 0 Å². The number of thiophene rings is 1. The fourth-order valence-electron chi connectivity index (χ4n) is 6.85. The standard InChI is InChI=1S/C39H41N7O2S2/c1-6-35(47)45-23(2)21-32(31-9-7-8-10-33(31)45)42-29-15-17-30(18-16-29)49-20-19-40-38(48)28-13-11-27(12-14-28)37-36-24(3)25(4)50-39(36)46-26(5)43-44-34(46)22-41-37/h7-18,23,32,42H,6,19-22H2,1-5H3,(H,40,48)/t23-,32+/m0/s1. The highest BCUT2D eigenvalue weighted by molar-refractivity contribution is 7.99. The van der Waals surface area contributed by atoms with Gasteiger partial charge in [0.2, 0.25) is 5.91 Å². The van der Waals surface area contributed by atoms with Crippen LogP contribution in [-0.2, 0) is 11.3 Å². The Labute approximate surface area is 301 Å². The van der Waals surface area contributed by atoms with Gasteiger partial charge in [0, 0.05) is 62.6 Å². The molecule has 11 heteroatoms. The van der Waals surface area contributed by atoms with Gasteiger partial charge in [-0.15, -0.1) is 33.3 Å². The Morgan fingerprint density at radius 2 is 1.74 bits per heavy atom. The van der Waals surface area contributed by atoms with Gasteiger partial charge in [-0.2, -0.15) is 0 Å². The van der Waals surface area contributed by atoms with E-state index in [2.05, 4.69) is 76.5 Å². The largest absolute Gasteiger partial charge is 0.378 e. The van der Waals surface area contributed by atoms with Crippen molar-refractivity contribution in [2.24, 2.45) is 4.99 Å². The molecule has 4 heterocycles. The average Bonchev–Trinajstić information content (AvgIpc) is 3.58. The zero-order chi connectivity index (χ0) is 34.9. The molecule has 2 aliphatic heterocycles. The Bertz CT molecular complexity index is 2080. The number of hydrogen-bond donors (Lipinski definition) is 2. The summed E-state index contributed by atoms with van der Waals surface area (Å²) in [5.41, 5.74) is 8.03. The molecule has 7 rings (SSSR count). The molecular weight excluding hydrogens is 663 g/mol. The van der Waals surface area contributed by atoms with Crippen LogP contribution >= 0.6 is 23.1 Å². The first-order valence-electron chi connectivity index (χ1n) is 17.1. The first-order chi connectivity index (χ1) is 24.2. The van der Waals surface area contributed by atoms with E-state index in [-0.39, 0.29) is 23.9 Å². The molecule has 50 heavy (non-hydrogen) atoms. The highest BCUT2D eigenvalue weighted by Crippen LogP contribution is 2.40. The van der Waals surface area contributed by atoms with Gasteiger partial charge in [-0.25, -0.2) is 0 Å². The lowest BCUT2D eigenvalue weighted by atomic mass is 9.91. The quantitative estimate of drug-likeness (QED) is 0.120. The van der Waals surface area contributed by atoms with Crippen LogP contribution in [0.3, 0.4) is 0 Å². The molecule has 0 saturated carbocycles. The first kappa shape index (κ1) is 33.7. The molecule has 0 unspecified atom stereocenters. The van der Waals surface area contributed by atoms with Crippen LogP contribution < -0.4 is 15.5 Å². The van der Waals surface area contributed by atoms with Crippen LogP contribution in [0.4, 0.5) is 11.4 Å². The summed E-state index contributed by atoms with van der Waals surface area (Å²) in [5, 5.41) is 16.5. The molecule has 0 saturated heterocycles. The Morgan fingerprint density at radius 1 is 0.980 bits per heavy atom. The molecule has 3 aromatic carbocycles. The van der Waals surface area contributed by atoms with Crippen LogP contribution in [0, 0.1) is 20.8 Å². The fourth-order valence-corrected chi connectivity index (χ4v) is 8.84. The van der Waals surface area contributed by atoms with E-state index in [0.29, 0.717) is 25.1 Å². The second kappa shape index (κ2) is 14.2. The number of anilines is 2. The van der Waals surface area contributed by atoms with Crippen LogP contribution in [0.25, 0.3) is 5.00 Å². The van der Waals surface area contributed by atoms with Gasteiger partial charge in [0.05, 0.1) is 11.8 Å². The van der Waals surface area contributed by atoms with E-state index in [1.54, 1.807) is 23.1 Å². The Hall–Kier alpha value is -4.74. The average molecular weight is 704 g/mol. The number of aromatic nitrogens is 3. The third-order valence-electron chi connectivity index (χ3n) is 9.51. The van der Waals surface area contributed by atoms with Crippen molar-refractivity contribution in [3.63, 3.8) is 0 Å². The van der Waals surface area contributed by atoms with Gasteiger partial charge in [-0.05, 0) is 87.7 Å². The molecule has 0 fully saturated rings. The van der Waals surface area contributed by atoms with Gasteiger partial charge < -0.3 is 15.5 Å². The van der Waals surface area contributed by atoms with E-state index >= 15 is 0 Å². The maximum absolute atomic E-state index is 13.0. The van der Waals surface area contributed by atoms with Gasteiger partial charge in [0.25, 0.3) is 5.91 Å². The van der Waals surface area contributed by atoms with Crippen LogP contribution in [0.15, 0.2) is 82.7 Å². The van der Waals surface area contributed by atoms with Gasteiger partial charge in [-0.3, -0.25) is 19.1 Å². The number of rotatable bonds is 9. The third-order valence-corrected chi connectivity index (χ3v) is 11.7. The molecule has 0 aliphatic carbocycles. The van der Waals surface area contributed by atoms with E-state index in [0.717, 1.165) is 67.5 Å². The van der Waals surface area contributed by atoms with Crippen LogP contribution in [0.1, 0.15) is 81.9 Å². The van der Waals surface area contributed by atoms with Crippen LogP contribution in [0.5, 0.6) is 0 Å². The van der Waals surface area contributed by atoms with Crippen molar-refractivity contribution in [2.45, 2.75) is 71.0 Å². The smallest absolute Gasteiger partial charge is 0.251 e. The molecule has 5 aromatic rings. The molecule has 2 atom stereocenters. The minimum atomic E-state index is -0.0919. The van der Waals surface area contributed by atoms with Crippen molar-refractivity contribution in [3.05, 3.63) is 117 Å². The van der Waals surface area contributed by atoms with E-state index in [4.69, 9.17) is 4.99 Å². The number of amides is 2. The minimum Gasteiger partial charge on any atom is -0.378 e. The number of fused-ring (bicyclic) bond motifs is 4. The first-order valence-corrected chi connectivity index (χ1v) is 18.9. The number of para-hydroxylation sites is 1. The maximum Gasteiger partial charge on any atom is 0.251 e. The number of thioether (sulfide) groups is 1. The molecule has 256 valence electrons. The molecule has 2 amide bonds. The number of carbonyl (C=O) groups is 2. The molecule has 2 aliphatic rings. The predicted octanol–water partition coefficient (Wildman–Crippen LogP) is 7.82. The Kier molecular flexibility index (Phi) is 9.61. The highest BCUT2D eigenvalue weighted by atomic mass is 32.2. The molecule has 0 bridgehead atoms. The summed E-state index contributed by atoms with van der Waals surface area (Å²) in [6.07, 6.45) is 1.34. The van der Waals surface area contributed by atoms with Gasteiger partial charge in [-0.1, -0.05) is 37.3 Å². The van der Waals surface area contributed by atoms with E-state index in [1.165, 1.54) is 10.4 Å². The van der Waals surface area contributed by atoms with Crippen LogP contribution in [-0.4, -0.2) is 50.6 Å². The molecule has 2 aromatic heterocycles.